The van der Waals surface area contributed by atoms with Gasteiger partial charge < -0.3 is 4.90 Å². The number of hydrogen-bond donors (Lipinski definition) is 0. The molecule has 8 heteroatoms. The molecule has 0 bridgehead atoms. The van der Waals surface area contributed by atoms with Crippen molar-refractivity contribution in [3.63, 3.8) is 0 Å². The quantitative estimate of drug-likeness (QED) is 0.784. The Morgan fingerprint density at radius 1 is 1.39 bits per heavy atom. The largest absolute Gasteiger partial charge is 0.393 e. The van der Waals surface area contributed by atoms with Crippen LogP contribution in [0.3, 0.4) is 0 Å². The molecule has 1 saturated heterocycles. The van der Waals surface area contributed by atoms with E-state index in [0.717, 1.165) is 0 Å². The average molecular weight is 343 g/mol. The third kappa shape index (κ3) is 2.80. The maximum Gasteiger partial charge on any atom is 0.393 e. The fourth-order valence-corrected chi connectivity index (χ4v) is 3.54. The predicted octanol–water partition coefficient (Wildman–Crippen LogP) is 3.47. The molecule has 2 aromatic rings. The third-order valence-corrected chi connectivity index (χ3v) is 4.85. The van der Waals surface area contributed by atoms with Gasteiger partial charge in [-0.15, -0.1) is 0 Å². The summed E-state index contributed by atoms with van der Waals surface area (Å²) in [6, 6.07) is 4.90. The molecule has 0 aliphatic carbocycles. The Morgan fingerprint density at radius 3 is 2.74 bits per heavy atom. The molecule has 1 aliphatic rings. The minimum atomic E-state index is -4.27. The van der Waals surface area contributed by atoms with E-state index in [2.05, 4.69) is 4.98 Å². The van der Waals surface area contributed by atoms with Gasteiger partial charge in [0.1, 0.15) is 0 Å². The molecule has 2 aromatic heterocycles. The van der Waals surface area contributed by atoms with Gasteiger partial charge >= 0.3 is 6.18 Å². The molecule has 23 heavy (non-hydrogen) atoms. The van der Waals surface area contributed by atoms with E-state index in [4.69, 9.17) is 0 Å². The van der Waals surface area contributed by atoms with E-state index in [1.807, 2.05) is 12.3 Å². The Balaban J connectivity index is 1.95. The van der Waals surface area contributed by atoms with Crippen molar-refractivity contribution >= 4 is 23.2 Å². The highest BCUT2D eigenvalue weighted by Crippen LogP contribution is 2.37. The number of halogens is 3. The zero-order valence-corrected chi connectivity index (χ0v) is 13.5. The first kappa shape index (κ1) is 16.2. The Labute approximate surface area is 135 Å². The van der Waals surface area contributed by atoms with Crippen molar-refractivity contribution in [3.8, 4) is 0 Å². The Kier molecular flexibility index (Phi) is 4.03. The number of carbonyl (C=O) groups excluding carboxylic acids is 1. The molecule has 0 unspecified atom stereocenters. The van der Waals surface area contributed by atoms with E-state index in [-0.39, 0.29) is 18.7 Å². The number of thioether (sulfide) groups is 1. The van der Waals surface area contributed by atoms with Gasteiger partial charge in [-0.25, -0.2) is 4.98 Å². The van der Waals surface area contributed by atoms with Crippen molar-refractivity contribution in [2.45, 2.75) is 30.7 Å². The van der Waals surface area contributed by atoms with Crippen LogP contribution >= 0.6 is 11.8 Å². The maximum atomic E-state index is 12.9. The van der Waals surface area contributed by atoms with Crippen LogP contribution in [0.5, 0.6) is 0 Å². The van der Waals surface area contributed by atoms with E-state index in [1.165, 1.54) is 16.7 Å². The SMILES string of the molecule is CSc1nc(C(=O)N2C[C@H](C(F)(F)F)C[C@@H]2C)c2ccccn12. The lowest BCUT2D eigenvalue weighted by Gasteiger charge is -2.20. The van der Waals surface area contributed by atoms with Gasteiger partial charge in [-0.1, -0.05) is 17.8 Å². The van der Waals surface area contributed by atoms with Gasteiger partial charge in [0.25, 0.3) is 5.91 Å². The number of amides is 1. The first-order chi connectivity index (χ1) is 10.8. The van der Waals surface area contributed by atoms with Crippen molar-refractivity contribution in [2.75, 3.05) is 12.8 Å². The molecule has 1 fully saturated rings. The van der Waals surface area contributed by atoms with Crippen LogP contribution in [-0.2, 0) is 0 Å². The fraction of sp³-hybridized carbons (Fsp3) is 0.467. The molecule has 0 saturated carbocycles. The highest BCUT2D eigenvalue weighted by atomic mass is 32.2. The van der Waals surface area contributed by atoms with Gasteiger partial charge in [0.05, 0.1) is 11.4 Å². The van der Waals surface area contributed by atoms with Gasteiger partial charge in [-0.3, -0.25) is 9.20 Å². The van der Waals surface area contributed by atoms with Gasteiger partial charge in [0.2, 0.25) is 0 Å². The maximum absolute atomic E-state index is 12.9. The fourth-order valence-electron chi connectivity index (χ4n) is 3.00. The van der Waals surface area contributed by atoms with Gasteiger partial charge in [0, 0.05) is 18.8 Å². The summed E-state index contributed by atoms with van der Waals surface area (Å²) in [4.78, 5) is 18.4. The van der Waals surface area contributed by atoms with Crippen LogP contribution in [0, 0.1) is 5.92 Å². The van der Waals surface area contributed by atoms with E-state index in [9.17, 15) is 18.0 Å². The van der Waals surface area contributed by atoms with Crippen LogP contribution in [0.15, 0.2) is 29.6 Å². The summed E-state index contributed by atoms with van der Waals surface area (Å²) in [5, 5.41) is 0.642. The van der Waals surface area contributed by atoms with Crippen LogP contribution in [0.4, 0.5) is 13.2 Å². The predicted molar refractivity (Wildman–Crippen MR) is 81.6 cm³/mol. The smallest absolute Gasteiger partial charge is 0.334 e. The second-order valence-electron chi connectivity index (χ2n) is 5.68. The summed E-state index contributed by atoms with van der Waals surface area (Å²) >= 11 is 1.39. The number of imidazole rings is 1. The molecule has 124 valence electrons. The summed E-state index contributed by atoms with van der Waals surface area (Å²) in [6.45, 7) is 1.35. The lowest BCUT2D eigenvalue weighted by atomic mass is 10.1. The van der Waals surface area contributed by atoms with E-state index < -0.39 is 24.0 Å². The minimum Gasteiger partial charge on any atom is -0.334 e. The second-order valence-corrected chi connectivity index (χ2v) is 6.46. The van der Waals surface area contributed by atoms with Gasteiger partial charge in [-0.2, -0.15) is 13.2 Å². The van der Waals surface area contributed by atoms with Crippen molar-refractivity contribution < 1.29 is 18.0 Å². The van der Waals surface area contributed by atoms with Crippen LogP contribution in [0.1, 0.15) is 23.8 Å². The molecular weight excluding hydrogens is 327 g/mol. The lowest BCUT2D eigenvalue weighted by Crippen LogP contribution is -2.35. The van der Waals surface area contributed by atoms with Crippen molar-refractivity contribution in [2.24, 2.45) is 5.92 Å². The Bertz CT molecular complexity index is 743. The number of fused-ring (bicyclic) bond motifs is 1. The average Bonchev–Trinajstić information content (AvgIpc) is 3.07. The molecule has 1 aliphatic heterocycles. The van der Waals surface area contributed by atoms with Gasteiger partial charge in [-0.05, 0) is 31.7 Å². The molecule has 0 N–H and O–H groups in total. The highest BCUT2D eigenvalue weighted by molar-refractivity contribution is 7.98. The van der Waals surface area contributed by atoms with E-state index in [1.54, 1.807) is 29.7 Å². The molecule has 3 heterocycles. The minimum absolute atomic E-state index is 0.0591. The second kappa shape index (κ2) is 5.74. The monoisotopic (exact) mass is 343 g/mol. The lowest BCUT2D eigenvalue weighted by molar-refractivity contribution is -0.170. The van der Waals surface area contributed by atoms with Crippen LogP contribution in [0.25, 0.3) is 5.52 Å². The third-order valence-electron chi connectivity index (χ3n) is 4.20. The number of aromatic nitrogens is 2. The number of pyridine rings is 1. The van der Waals surface area contributed by atoms with E-state index >= 15 is 0 Å². The number of likely N-dealkylation sites (tertiary alicyclic amines) is 1. The van der Waals surface area contributed by atoms with Crippen LogP contribution < -0.4 is 0 Å². The number of hydrogen-bond acceptors (Lipinski definition) is 3. The zero-order valence-electron chi connectivity index (χ0n) is 12.7. The molecule has 4 nitrogen and oxygen atoms in total. The summed E-state index contributed by atoms with van der Waals surface area (Å²) in [5.74, 6) is -1.90. The highest BCUT2D eigenvalue weighted by Gasteiger charge is 2.48. The first-order valence-corrected chi connectivity index (χ1v) is 8.44. The molecule has 0 spiro atoms. The normalized spacial score (nSPS) is 22.0. The zero-order chi connectivity index (χ0) is 16.8. The topological polar surface area (TPSA) is 37.6 Å². The molecule has 0 radical (unpaired) electrons. The molecule has 3 rings (SSSR count). The van der Waals surface area contributed by atoms with Crippen molar-refractivity contribution in [1.82, 2.24) is 14.3 Å². The van der Waals surface area contributed by atoms with E-state index in [0.29, 0.717) is 10.7 Å². The van der Waals surface area contributed by atoms with Crippen molar-refractivity contribution in [3.05, 3.63) is 30.1 Å². The molecule has 0 aromatic carbocycles. The summed E-state index contributed by atoms with van der Waals surface area (Å²) < 4.78 is 40.5. The van der Waals surface area contributed by atoms with Gasteiger partial charge in [0.15, 0.2) is 10.9 Å². The molecular formula is C15H16F3N3OS. The summed E-state index contributed by atoms with van der Waals surface area (Å²) in [6.07, 6.45) is -0.703. The number of alkyl halides is 3. The van der Waals surface area contributed by atoms with Crippen molar-refractivity contribution in [1.29, 1.82) is 0 Å². The molecule has 1 amide bonds. The summed E-state index contributed by atoms with van der Waals surface area (Å²) in [5.41, 5.74) is 0.828. The van der Waals surface area contributed by atoms with Crippen LogP contribution in [-0.4, -0.2) is 45.2 Å². The van der Waals surface area contributed by atoms with Crippen LogP contribution in [0.2, 0.25) is 0 Å². The number of rotatable bonds is 2. The molecule has 2 atom stereocenters. The standard InChI is InChI=1S/C15H16F3N3OS/c1-9-7-10(15(16,17)18)8-21(9)13(22)12-11-5-3-4-6-20(11)14(19-12)23-2/h3-6,9-10H,7-8H2,1-2H3/t9-,10+/m0/s1. The number of carbonyl (C=O) groups is 1. The summed E-state index contributed by atoms with van der Waals surface area (Å²) in [7, 11) is 0. The Hall–Kier alpha value is -1.70. The number of nitrogens with zero attached hydrogens (tertiary/aromatic N) is 3. The first-order valence-electron chi connectivity index (χ1n) is 7.21. The Morgan fingerprint density at radius 2 is 2.13 bits per heavy atom.